The number of rotatable bonds is 3. The fourth-order valence-electron chi connectivity index (χ4n) is 1.61. The minimum Gasteiger partial charge on any atom is -0.349 e. The summed E-state index contributed by atoms with van der Waals surface area (Å²) in [7, 11) is 8.06. The Morgan fingerprint density at radius 3 is 2.00 bits per heavy atom. The van der Waals surface area contributed by atoms with Crippen molar-refractivity contribution in [1.29, 1.82) is 0 Å². The van der Waals surface area contributed by atoms with Gasteiger partial charge in [-0.05, 0) is 12.0 Å². The second-order valence-corrected chi connectivity index (χ2v) is 4.21. The molecule has 17 heavy (non-hydrogen) atoms. The van der Waals surface area contributed by atoms with Gasteiger partial charge in [-0.15, -0.1) is 24.0 Å². The Labute approximate surface area is 122 Å². The van der Waals surface area contributed by atoms with Crippen LogP contribution in [0.25, 0.3) is 0 Å². The Bertz CT molecular complexity index is 324. The summed E-state index contributed by atoms with van der Waals surface area (Å²) in [5.74, 6) is 1.01. The van der Waals surface area contributed by atoms with Gasteiger partial charge in [0.15, 0.2) is 5.96 Å². The first kappa shape index (κ1) is 16.2. The van der Waals surface area contributed by atoms with E-state index in [0.29, 0.717) is 0 Å². The molecule has 0 atom stereocenters. The maximum Gasteiger partial charge on any atom is 0.195 e. The Balaban J connectivity index is 0.00000256. The zero-order chi connectivity index (χ0) is 12.0. The van der Waals surface area contributed by atoms with E-state index in [9.17, 15) is 0 Å². The predicted molar refractivity (Wildman–Crippen MR) is 85.2 cm³/mol. The van der Waals surface area contributed by atoms with Crippen LogP contribution in [0.3, 0.4) is 0 Å². The quantitative estimate of drug-likeness (QED) is 0.475. The molecule has 0 heterocycles. The Kier molecular flexibility index (Phi) is 7.95. The molecule has 1 rings (SSSR count). The Morgan fingerprint density at radius 1 is 1.00 bits per heavy atom. The van der Waals surface area contributed by atoms with Gasteiger partial charge >= 0.3 is 0 Å². The molecule has 0 fully saturated rings. The average molecular weight is 347 g/mol. The van der Waals surface area contributed by atoms with Crippen molar-refractivity contribution in [1.82, 2.24) is 9.80 Å². The smallest absolute Gasteiger partial charge is 0.195 e. The second kappa shape index (κ2) is 8.33. The van der Waals surface area contributed by atoms with Crippen molar-refractivity contribution in [3.63, 3.8) is 0 Å². The number of benzene rings is 1. The summed E-state index contributed by atoms with van der Waals surface area (Å²) in [4.78, 5) is 8.65. The molecular weight excluding hydrogens is 325 g/mol. The van der Waals surface area contributed by atoms with Crippen molar-refractivity contribution < 1.29 is 0 Å². The maximum absolute atomic E-state index is 4.59. The van der Waals surface area contributed by atoms with Crippen LogP contribution in [-0.4, -0.2) is 50.5 Å². The van der Waals surface area contributed by atoms with Crippen LogP contribution in [0.1, 0.15) is 5.56 Å². The van der Waals surface area contributed by atoms with Crippen molar-refractivity contribution in [2.75, 3.05) is 34.7 Å². The molecule has 1 aromatic carbocycles. The first-order chi connectivity index (χ1) is 7.61. The Hall–Kier alpha value is -0.780. The fraction of sp³-hybridized carbons (Fsp3) is 0.462. The molecule has 96 valence electrons. The third-order valence-electron chi connectivity index (χ3n) is 2.30. The predicted octanol–water partition coefficient (Wildman–Crippen LogP) is 2.33. The van der Waals surface area contributed by atoms with E-state index in [2.05, 4.69) is 29.3 Å². The van der Waals surface area contributed by atoms with Gasteiger partial charge in [0, 0.05) is 34.7 Å². The molecule has 0 saturated heterocycles. The van der Waals surface area contributed by atoms with Gasteiger partial charge in [0.2, 0.25) is 0 Å². The van der Waals surface area contributed by atoms with Gasteiger partial charge in [-0.25, -0.2) is 0 Å². The number of nitrogens with zero attached hydrogens (tertiary/aromatic N) is 3. The van der Waals surface area contributed by atoms with Crippen LogP contribution in [0.4, 0.5) is 0 Å². The molecular formula is C13H22IN3. The van der Waals surface area contributed by atoms with Gasteiger partial charge in [-0.2, -0.15) is 0 Å². The number of guanidine groups is 1. The number of halogens is 1. The molecule has 0 amide bonds. The lowest BCUT2D eigenvalue weighted by molar-refractivity contribution is 0.479. The van der Waals surface area contributed by atoms with Crippen LogP contribution in [0.15, 0.2) is 35.3 Å². The summed E-state index contributed by atoms with van der Waals surface area (Å²) >= 11 is 0. The standard InChI is InChI=1S/C13H21N3.HI/c1-15(2)13(16(3)4)14-11-10-12-8-6-5-7-9-12;/h5-9H,10-11H2,1-4H3;1H. The highest BCUT2D eigenvalue weighted by atomic mass is 127. The fourth-order valence-corrected chi connectivity index (χ4v) is 1.61. The molecule has 0 aromatic heterocycles. The summed E-state index contributed by atoms with van der Waals surface area (Å²) in [6, 6.07) is 10.5. The van der Waals surface area contributed by atoms with Crippen LogP contribution in [0.2, 0.25) is 0 Å². The molecule has 0 aliphatic heterocycles. The molecule has 0 unspecified atom stereocenters. The molecule has 1 aromatic rings. The van der Waals surface area contributed by atoms with E-state index >= 15 is 0 Å². The van der Waals surface area contributed by atoms with Crippen LogP contribution in [0.5, 0.6) is 0 Å². The lowest BCUT2D eigenvalue weighted by Gasteiger charge is -2.22. The summed E-state index contributed by atoms with van der Waals surface area (Å²) in [6.07, 6.45) is 0.992. The highest BCUT2D eigenvalue weighted by Gasteiger charge is 2.02. The van der Waals surface area contributed by atoms with E-state index in [-0.39, 0.29) is 24.0 Å². The van der Waals surface area contributed by atoms with Gasteiger partial charge in [0.1, 0.15) is 0 Å². The SMILES string of the molecule is CN(C)C(=NCCc1ccccc1)N(C)C.I. The third kappa shape index (κ3) is 5.91. The molecule has 0 saturated carbocycles. The summed E-state index contributed by atoms with van der Waals surface area (Å²) in [5.41, 5.74) is 1.34. The van der Waals surface area contributed by atoms with E-state index in [0.717, 1.165) is 18.9 Å². The van der Waals surface area contributed by atoms with Gasteiger partial charge in [-0.3, -0.25) is 4.99 Å². The van der Waals surface area contributed by atoms with E-state index < -0.39 is 0 Å². The first-order valence-electron chi connectivity index (χ1n) is 5.54. The highest BCUT2D eigenvalue weighted by Crippen LogP contribution is 2.00. The van der Waals surface area contributed by atoms with Crippen molar-refractivity contribution in [3.05, 3.63) is 35.9 Å². The van der Waals surface area contributed by atoms with Gasteiger partial charge in [-0.1, -0.05) is 30.3 Å². The zero-order valence-corrected chi connectivity index (χ0v) is 13.4. The third-order valence-corrected chi connectivity index (χ3v) is 2.30. The van der Waals surface area contributed by atoms with Crippen molar-refractivity contribution >= 4 is 29.9 Å². The monoisotopic (exact) mass is 347 g/mol. The van der Waals surface area contributed by atoms with E-state index in [4.69, 9.17) is 0 Å². The number of aliphatic imine (C=N–C) groups is 1. The number of hydrogen-bond acceptors (Lipinski definition) is 1. The molecule has 0 aliphatic rings. The zero-order valence-electron chi connectivity index (χ0n) is 11.1. The summed E-state index contributed by atoms with van der Waals surface area (Å²) in [6.45, 7) is 0.829. The number of hydrogen-bond donors (Lipinski definition) is 0. The first-order valence-corrected chi connectivity index (χ1v) is 5.54. The van der Waals surface area contributed by atoms with Crippen LogP contribution >= 0.6 is 24.0 Å². The Morgan fingerprint density at radius 2 is 1.53 bits per heavy atom. The highest BCUT2D eigenvalue weighted by molar-refractivity contribution is 14.0. The second-order valence-electron chi connectivity index (χ2n) is 4.21. The van der Waals surface area contributed by atoms with Crippen LogP contribution in [-0.2, 0) is 6.42 Å². The molecule has 0 spiro atoms. The average Bonchev–Trinajstić information content (AvgIpc) is 2.24. The topological polar surface area (TPSA) is 18.8 Å². The van der Waals surface area contributed by atoms with Crippen molar-refractivity contribution in [3.8, 4) is 0 Å². The molecule has 3 nitrogen and oxygen atoms in total. The maximum atomic E-state index is 4.59. The van der Waals surface area contributed by atoms with E-state index in [1.165, 1.54) is 5.56 Å². The van der Waals surface area contributed by atoms with Gasteiger partial charge < -0.3 is 9.80 Å². The largest absolute Gasteiger partial charge is 0.349 e. The lowest BCUT2D eigenvalue weighted by atomic mass is 10.2. The van der Waals surface area contributed by atoms with E-state index in [1.54, 1.807) is 0 Å². The van der Waals surface area contributed by atoms with Gasteiger partial charge in [0.25, 0.3) is 0 Å². The van der Waals surface area contributed by atoms with Crippen LogP contribution < -0.4 is 0 Å². The minimum atomic E-state index is 0. The minimum absolute atomic E-state index is 0. The molecule has 4 heteroatoms. The van der Waals surface area contributed by atoms with Crippen molar-refractivity contribution in [2.24, 2.45) is 4.99 Å². The van der Waals surface area contributed by atoms with Crippen molar-refractivity contribution in [2.45, 2.75) is 6.42 Å². The van der Waals surface area contributed by atoms with E-state index in [1.807, 2.05) is 44.1 Å². The summed E-state index contributed by atoms with van der Waals surface area (Å²) in [5, 5.41) is 0. The summed E-state index contributed by atoms with van der Waals surface area (Å²) < 4.78 is 0. The van der Waals surface area contributed by atoms with Crippen LogP contribution in [0, 0.1) is 0 Å². The normalized spacial score (nSPS) is 9.18. The molecule has 0 aliphatic carbocycles. The molecule has 0 bridgehead atoms. The molecule has 0 N–H and O–H groups in total. The van der Waals surface area contributed by atoms with Gasteiger partial charge in [0.05, 0.1) is 0 Å². The lowest BCUT2D eigenvalue weighted by Crippen LogP contribution is -2.35. The molecule has 0 radical (unpaired) electrons.